The van der Waals surface area contributed by atoms with Gasteiger partial charge in [-0.3, -0.25) is 24.1 Å². The third-order valence-corrected chi connectivity index (χ3v) is 9.78. The summed E-state index contributed by atoms with van der Waals surface area (Å²) in [6.07, 6.45) is 7.53. The van der Waals surface area contributed by atoms with Crippen LogP contribution in [0.25, 0.3) is 6.08 Å². The molecule has 1 fully saturated rings. The number of para-hydroxylation sites is 1. The van der Waals surface area contributed by atoms with E-state index in [1.54, 1.807) is 37.3 Å². The summed E-state index contributed by atoms with van der Waals surface area (Å²) in [6, 6.07) is 20.2. The van der Waals surface area contributed by atoms with E-state index in [1.165, 1.54) is 25.2 Å². The number of aromatic hydroxyl groups is 1. The standard InChI is InChI=1S/C39H34N2O7/c1-21-17-31(42)30-20-29-26(27(34(30)36(21)43)14-9-22-18-32(47-2)37(44)33(19-22)48-3)15-16-28-35(29)39(46)41(38(28)45)25-12-10-24(11-13-25)40-23-7-5-4-6-8-23/h4-15,17-19,27-29,35,40,44H,16,20H2,1-3H3. The molecule has 0 radical (unpaired) electrons. The van der Waals surface area contributed by atoms with Gasteiger partial charge >= 0.3 is 0 Å². The van der Waals surface area contributed by atoms with Crippen LogP contribution < -0.4 is 19.7 Å². The highest BCUT2D eigenvalue weighted by Gasteiger charge is 2.56. The van der Waals surface area contributed by atoms with E-state index in [0.717, 1.165) is 16.9 Å². The quantitative estimate of drug-likeness (QED) is 0.174. The smallest absolute Gasteiger partial charge is 0.238 e. The number of methoxy groups -OCH3 is 2. The molecule has 1 saturated heterocycles. The second-order valence-corrected chi connectivity index (χ2v) is 12.5. The second-order valence-electron chi connectivity index (χ2n) is 12.5. The number of phenolic OH excluding ortho intramolecular Hbond substituents is 1. The summed E-state index contributed by atoms with van der Waals surface area (Å²) in [5.74, 6) is -2.99. The first-order valence-electron chi connectivity index (χ1n) is 15.8. The molecule has 1 aliphatic heterocycles. The highest BCUT2D eigenvalue weighted by molar-refractivity contribution is 6.24. The average Bonchev–Trinajstić information content (AvgIpc) is 3.36. The zero-order valence-corrected chi connectivity index (χ0v) is 26.7. The highest BCUT2D eigenvalue weighted by Crippen LogP contribution is 2.53. The van der Waals surface area contributed by atoms with Gasteiger partial charge in [0.2, 0.25) is 17.6 Å². The number of fused-ring (bicyclic) bond motifs is 3. The van der Waals surface area contributed by atoms with Gasteiger partial charge in [-0.1, -0.05) is 42.0 Å². The van der Waals surface area contributed by atoms with Crippen LogP contribution in [0.3, 0.4) is 0 Å². The fraction of sp³-hybridized carbons (Fsp3) is 0.231. The minimum absolute atomic E-state index is 0.134. The first-order chi connectivity index (χ1) is 23.2. The van der Waals surface area contributed by atoms with Gasteiger partial charge in [-0.2, -0.15) is 0 Å². The van der Waals surface area contributed by atoms with E-state index in [0.29, 0.717) is 34.4 Å². The van der Waals surface area contributed by atoms with E-state index in [2.05, 4.69) is 5.32 Å². The molecule has 0 spiro atoms. The number of anilines is 3. The number of amides is 2. The number of hydrogen-bond acceptors (Lipinski definition) is 8. The number of nitrogens with one attached hydrogen (secondary N) is 1. The number of carbonyl (C=O) groups excluding carboxylic acids is 4. The van der Waals surface area contributed by atoms with Crippen molar-refractivity contribution in [1.29, 1.82) is 0 Å². The predicted molar refractivity (Wildman–Crippen MR) is 181 cm³/mol. The van der Waals surface area contributed by atoms with Crippen LogP contribution in [0.2, 0.25) is 0 Å². The summed E-state index contributed by atoms with van der Waals surface area (Å²) < 4.78 is 10.6. The zero-order chi connectivity index (χ0) is 33.7. The van der Waals surface area contributed by atoms with E-state index >= 15 is 0 Å². The maximum Gasteiger partial charge on any atom is 0.238 e. The van der Waals surface area contributed by atoms with Gasteiger partial charge in [0.25, 0.3) is 0 Å². The lowest BCUT2D eigenvalue weighted by molar-refractivity contribution is -0.123. The highest BCUT2D eigenvalue weighted by atomic mass is 16.5. The van der Waals surface area contributed by atoms with Crippen molar-refractivity contribution in [3.8, 4) is 17.2 Å². The van der Waals surface area contributed by atoms with Crippen LogP contribution in [-0.4, -0.2) is 42.7 Å². The Kier molecular flexibility index (Phi) is 7.83. The van der Waals surface area contributed by atoms with Gasteiger partial charge in [0.15, 0.2) is 23.1 Å². The Morgan fingerprint density at radius 1 is 0.875 bits per heavy atom. The molecule has 3 aromatic rings. The molecule has 242 valence electrons. The third-order valence-electron chi connectivity index (χ3n) is 9.78. The molecule has 7 rings (SSSR count). The molecule has 9 nitrogen and oxygen atoms in total. The SMILES string of the molecule is COc1cc(C=CC2C3=CCC4C(=O)N(c5ccc(Nc6ccccc6)cc5)C(=O)C4C3CC3=C2C(=O)C(C)=CC3=O)cc(OC)c1O. The molecular weight excluding hydrogens is 608 g/mol. The molecule has 0 saturated carbocycles. The topological polar surface area (TPSA) is 122 Å². The Hall–Kier alpha value is -5.70. The maximum absolute atomic E-state index is 14.2. The van der Waals surface area contributed by atoms with Crippen LogP contribution in [0.1, 0.15) is 25.3 Å². The molecule has 3 aromatic carbocycles. The van der Waals surface area contributed by atoms with Crippen molar-refractivity contribution in [3.63, 3.8) is 0 Å². The lowest BCUT2D eigenvalue weighted by atomic mass is 9.60. The maximum atomic E-state index is 14.2. The molecule has 2 N–H and O–H groups in total. The van der Waals surface area contributed by atoms with E-state index in [4.69, 9.17) is 9.47 Å². The Morgan fingerprint density at radius 2 is 1.54 bits per heavy atom. The summed E-state index contributed by atoms with van der Waals surface area (Å²) in [4.78, 5) is 56.4. The fourth-order valence-corrected chi connectivity index (χ4v) is 7.49. The number of rotatable bonds is 7. The lowest BCUT2D eigenvalue weighted by Gasteiger charge is -2.41. The molecular formula is C39H34N2O7. The predicted octanol–water partition coefficient (Wildman–Crippen LogP) is 6.33. The monoisotopic (exact) mass is 642 g/mol. The molecule has 2 amide bonds. The summed E-state index contributed by atoms with van der Waals surface area (Å²) in [6.45, 7) is 1.63. The number of ether oxygens (including phenoxy) is 2. The molecule has 4 atom stereocenters. The van der Waals surface area contributed by atoms with Gasteiger partial charge in [0.1, 0.15) is 0 Å². The molecule has 48 heavy (non-hydrogen) atoms. The molecule has 3 aliphatic carbocycles. The molecule has 0 bridgehead atoms. The largest absolute Gasteiger partial charge is 0.502 e. The summed E-state index contributed by atoms with van der Waals surface area (Å²) in [7, 11) is 2.88. The molecule has 4 unspecified atom stereocenters. The summed E-state index contributed by atoms with van der Waals surface area (Å²) in [5.41, 5.74) is 4.88. The first-order valence-corrected chi connectivity index (χ1v) is 15.8. The van der Waals surface area contributed by atoms with Crippen LogP contribution in [0.15, 0.2) is 107 Å². The van der Waals surface area contributed by atoms with Crippen molar-refractivity contribution in [1.82, 2.24) is 0 Å². The van der Waals surface area contributed by atoms with Crippen molar-refractivity contribution >= 4 is 46.5 Å². The van der Waals surface area contributed by atoms with Crippen molar-refractivity contribution < 1.29 is 33.8 Å². The van der Waals surface area contributed by atoms with Crippen molar-refractivity contribution in [3.05, 3.63) is 113 Å². The first kappa shape index (κ1) is 30.9. The third kappa shape index (κ3) is 5.12. The van der Waals surface area contributed by atoms with Gasteiger partial charge < -0.3 is 19.9 Å². The van der Waals surface area contributed by atoms with Crippen LogP contribution in [0, 0.1) is 23.7 Å². The Morgan fingerprint density at radius 3 is 2.21 bits per heavy atom. The van der Waals surface area contributed by atoms with Gasteiger partial charge in [-0.15, -0.1) is 0 Å². The Balaban J connectivity index is 1.23. The van der Waals surface area contributed by atoms with Crippen LogP contribution >= 0.6 is 0 Å². The van der Waals surface area contributed by atoms with Crippen LogP contribution in [0.5, 0.6) is 17.2 Å². The lowest BCUT2D eigenvalue weighted by Crippen LogP contribution is -2.40. The fourth-order valence-electron chi connectivity index (χ4n) is 7.49. The molecule has 4 aliphatic rings. The van der Waals surface area contributed by atoms with Gasteiger partial charge in [-0.05, 0) is 85.9 Å². The number of nitrogens with zero attached hydrogens (tertiary/aromatic N) is 1. The number of phenols is 1. The number of hydrogen-bond donors (Lipinski definition) is 2. The minimum atomic E-state index is -0.673. The number of Topliss-reactive ketones (excluding diaryl/α,β-unsaturated/α-hetero) is 1. The van der Waals surface area contributed by atoms with Crippen molar-refractivity contribution in [2.45, 2.75) is 19.8 Å². The van der Waals surface area contributed by atoms with E-state index in [-0.39, 0.29) is 47.1 Å². The van der Waals surface area contributed by atoms with E-state index in [9.17, 15) is 24.3 Å². The van der Waals surface area contributed by atoms with E-state index < -0.39 is 23.7 Å². The Bertz CT molecular complexity index is 1960. The molecule has 1 heterocycles. The molecule has 0 aromatic heterocycles. The van der Waals surface area contributed by atoms with Crippen LogP contribution in [0.4, 0.5) is 17.1 Å². The number of imide groups is 1. The Labute approximate surface area is 277 Å². The number of benzene rings is 3. The average molecular weight is 643 g/mol. The van der Waals surface area contributed by atoms with Gasteiger partial charge in [0, 0.05) is 34.0 Å². The molecule has 9 heteroatoms. The number of allylic oxidation sites excluding steroid dienone is 7. The van der Waals surface area contributed by atoms with Gasteiger partial charge in [0.05, 0.1) is 31.7 Å². The zero-order valence-electron chi connectivity index (χ0n) is 26.7. The summed E-state index contributed by atoms with van der Waals surface area (Å²) >= 11 is 0. The minimum Gasteiger partial charge on any atom is -0.502 e. The normalized spacial score (nSPS) is 23.4. The second kappa shape index (κ2) is 12.2. The van der Waals surface area contributed by atoms with E-state index in [1.807, 2.05) is 54.6 Å². The van der Waals surface area contributed by atoms with Crippen molar-refractivity contribution in [2.24, 2.45) is 23.7 Å². The van der Waals surface area contributed by atoms with Crippen molar-refractivity contribution in [2.75, 3.05) is 24.4 Å². The van der Waals surface area contributed by atoms with Gasteiger partial charge in [-0.25, -0.2) is 0 Å². The number of ketones is 2. The summed E-state index contributed by atoms with van der Waals surface area (Å²) in [5, 5.41) is 13.7. The van der Waals surface area contributed by atoms with Crippen LogP contribution in [-0.2, 0) is 19.2 Å². The number of carbonyl (C=O) groups is 4.